The van der Waals surface area contributed by atoms with E-state index in [0.29, 0.717) is 62.9 Å². The highest BCUT2D eigenvalue weighted by Gasteiger charge is 2.38. The number of carbonyl (C=O) groups is 2. The monoisotopic (exact) mass is 636 g/mol. The maximum atomic E-state index is 11.6. The molecule has 4 aliphatic carbocycles. The molecule has 0 saturated heterocycles. The molecule has 6 rings (SSSR count). The van der Waals surface area contributed by atoms with Crippen LogP contribution in [0.5, 0.6) is 23.0 Å². The summed E-state index contributed by atoms with van der Waals surface area (Å²) in [6, 6.07) is 11.9. The largest absolute Gasteiger partial charge is 0.493 e. The van der Waals surface area contributed by atoms with Crippen LogP contribution in [0.3, 0.4) is 0 Å². The number of carbonyl (C=O) groups excluding carboxylic acids is 2. The molecule has 4 aliphatic rings. The molecule has 0 heterocycles. The summed E-state index contributed by atoms with van der Waals surface area (Å²) in [6.45, 7) is 0.130. The van der Waals surface area contributed by atoms with Gasteiger partial charge in [-0.15, -0.1) is 0 Å². The molecule has 2 aromatic carbocycles. The predicted octanol–water partition coefficient (Wildman–Crippen LogP) is 6.78. The summed E-state index contributed by atoms with van der Waals surface area (Å²) in [6.07, 6.45) is 14.8. The summed E-state index contributed by atoms with van der Waals surface area (Å²) >= 11 is 0. The molecular formula is C38H52O8. The molecule has 4 fully saturated rings. The number of ether oxygens (including phenoxy) is 4. The Balaban J connectivity index is 0.000000181. The zero-order valence-electron chi connectivity index (χ0n) is 27.7. The second-order valence-corrected chi connectivity index (χ2v) is 13.7. The van der Waals surface area contributed by atoms with Crippen LogP contribution in [0.15, 0.2) is 36.4 Å². The first-order valence-corrected chi connectivity index (χ1v) is 17.3. The minimum absolute atomic E-state index is 0.0650. The van der Waals surface area contributed by atoms with Crippen LogP contribution in [0, 0.1) is 0 Å². The van der Waals surface area contributed by atoms with Crippen molar-refractivity contribution in [3.8, 4) is 23.0 Å². The third kappa shape index (κ3) is 7.88. The van der Waals surface area contributed by atoms with E-state index < -0.39 is 0 Å². The van der Waals surface area contributed by atoms with Crippen molar-refractivity contribution in [1.29, 1.82) is 0 Å². The van der Waals surface area contributed by atoms with Crippen LogP contribution in [0.4, 0.5) is 0 Å². The van der Waals surface area contributed by atoms with Crippen LogP contribution in [-0.2, 0) is 20.4 Å². The molecule has 8 heteroatoms. The lowest BCUT2D eigenvalue weighted by molar-refractivity contribution is -0.122. The summed E-state index contributed by atoms with van der Waals surface area (Å²) in [4.78, 5) is 23.1. The van der Waals surface area contributed by atoms with Gasteiger partial charge in [0.05, 0.1) is 39.6 Å². The zero-order chi connectivity index (χ0) is 32.6. The number of benzene rings is 2. The molecule has 0 bridgehead atoms. The van der Waals surface area contributed by atoms with Crippen LogP contribution in [0.2, 0.25) is 0 Å². The van der Waals surface area contributed by atoms with E-state index in [0.717, 1.165) is 59.8 Å². The highest BCUT2D eigenvalue weighted by molar-refractivity contribution is 5.80. The molecular weight excluding hydrogens is 584 g/mol. The Morgan fingerprint density at radius 1 is 0.587 bits per heavy atom. The van der Waals surface area contributed by atoms with Crippen molar-refractivity contribution in [2.75, 3.05) is 27.4 Å². The molecule has 8 nitrogen and oxygen atoms in total. The lowest BCUT2D eigenvalue weighted by atomic mass is 9.69. The lowest BCUT2D eigenvalue weighted by Crippen LogP contribution is -2.35. The molecule has 4 saturated carbocycles. The fourth-order valence-corrected chi connectivity index (χ4v) is 7.66. The fraction of sp³-hybridized carbons (Fsp3) is 0.632. The molecule has 0 radical (unpaired) electrons. The number of hydrogen-bond donors (Lipinski definition) is 2. The Morgan fingerprint density at radius 3 is 1.24 bits per heavy atom. The molecule has 0 aliphatic heterocycles. The van der Waals surface area contributed by atoms with Crippen molar-refractivity contribution < 1.29 is 38.7 Å². The van der Waals surface area contributed by atoms with Crippen LogP contribution < -0.4 is 18.9 Å². The Hall–Kier alpha value is -3.10. The first-order chi connectivity index (χ1) is 22.3. The number of methoxy groups -OCH3 is 2. The molecule has 0 unspecified atom stereocenters. The maximum Gasteiger partial charge on any atom is 0.161 e. The first kappa shape index (κ1) is 34.2. The average Bonchev–Trinajstić information content (AvgIpc) is 3.81. The number of aliphatic hydroxyl groups is 2. The highest BCUT2D eigenvalue weighted by atomic mass is 16.5. The van der Waals surface area contributed by atoms with Gasteiger partial charge in [-0.3, -0.25) is 9.59 Å². The van der Waals surface area contributed by atoms with E-state index in [1.807, 2.05) is 36.4 Å². The van der Waals surface area contributed by atoms with Crippen LogP contribution in [0.25, 0.3) is 0 Å². The van der Waals surface area contributed by atoms with Crippen LogP contribution in [-0.4, -0.2) is 61.4 Å². The minimum Gasteiger partial charge on any atom is -0.493 e. The Morgan fingerprint density at radius 2 is 0.935 bits per heavy atom. The summed E-state index contributed by atoms with van der Waals surface area (Å²) in [7, 11) is 3.30. The molecule has 0 aromatic heterocycles. The maximum absolute atomic E-state index is 11.6. The summed E-state index contributed by atoms with van der Waals surface area (Å²) in [5.74, 6) is 3.60. The van der Waals surface area contributed by atoms with Gasteiger partial charge in [-0.2, -0.15) is 0 Å². The zero-order valence-corrected chi connectivity index (χ0v) is 27.7. The van der Waals surface area contributed by atoms with Crippen molar-refractivity contribution >= 4 is 11.6 Å². The quantitative estimate of drug-likeness (QED) is 0.294. The van der Waals surface area contributed by atoms with Gasteiger partial charge >= 0.3 is 0 Å². The molecule has 0 spiro atoms. The van der Waals surface area contributed by atoms with Gasteiger partial charge in [0.1, 0.15) is 11.6 Å². The van der Waals surface area contributed by atoms with Gasteiger partial charge in [-0.05, 0) is 112 Å². The molecule has 2 N–H and O–H groups in total. The van der Waals surface area contributed by atoms with E-state index >= 15 is 0 Å². The van der Waals surface area contributed by atoms with E-state index in [2.05, 4.69) is 0 Å². The number of Topliss-reactive ketones (excluding diaryl/α,β-unsaturated/α-hetero) is 2. The average molecular weight is 637 g/mol. The smallest absolute Gasteiger partial charge is 0.161 e. The van der Waals surface area contributed by atoms with Gasteiger partial charge in [0.15, 0.2) is 23.0 Å². The summed E-state index contributed by atoms with van der Waals surface area (Å²) in [5, 5.41) is 20.0. The second kappa shape index (κ2) is 15.7. The summed E-state index contributed by atoms with van der Waals surface area (Å²) in [5.41, 5.74) is 1.46. The van der Waals surface area contributed by atoms with Gasteiger partial charge in [0, 0.05) is 36.5 Å². The predicted molar refractivity (Wildman–Crippen MR) is 176 cm³/mol. The van der Waals surface area contributed by atoms with Crippen molar-refractivity contribution in [3.63, 3.8) is 0 Å². The van der Waals surface area contributed by atoms with Gasteiger partial charge in [0.2, 0.25) is 0 Å². The third-order valence-electron chi connectivity index (χ3n) is 10.9. The van der Waals surface area contributed by atoms with E-state index in [1.165, 1.54) is 25.7 Å². The van der Waals surface area contributed by atoms with Gasteiger partial charge in [-0.1, -0.05) is 12.1 Å². The van der Waals surface area contributed by atoms with Crippen LogP contribution in [0.1, 0.15) is 114 Å². The van der Waals surface area contributed by atoms with Gasteiger partial charge < -0.3 is 29.2 Å². The van der Waals surface area contributed by atoms with E-state index in [9.17, 15) is 19.8 Å². The normalized spacial score (nSPS) is 21.4. The Labute approximate surface area is 273 Å². The van der Waals surface area contributed by atoms with Crippen molar-refractivity contribution in [2.45, 2.75) is 126 Å². The van der Waals surface area contributed by atoms with E-state index in [4.69, 9.17) is 18.9 Å². The SMILES string of the molecule is COc1ccc(C2(CO)CCC(=O)CC2)cc1OC1CCCC1.COc1ccc(C2(CO)CCC(=O)CC2)cc1OC1CCCC1. The van der Waals surface area contributed by atoms with Crippen LogP contribution >= 0.6 is 0 Å². The number of hydrogen-bond acceptors (Lipinski definition) is 8. The van der Waals surface area contributed by atoms with Gasteiger partial charge in [0.25, 0.3) is 0 Å². The number of rotatable bonds is 10. The fourth-order valence-electron chi connectivity index (χ4n) is 7.66. The van der Waals surface area contributed by atoms with E-state index in [-0.39, 0.29) is 36.3 Å². The second-order valence-electron chi connectivity index (χ2n) is 13.7. The standard InChI is InChI=1S/2C19H26O4/c2*1-22-17-7-6-14(12-18(17)23-16-4-2-3-5-16)19(13-20)10-8-15(21)9-11-19/h2*6-7,12,16,20H,2-5,8-11,13H2,1H3. The Kier molecular flexibility index (Phi) is 11.7. The number of ketones is 2. The first-order valence-electron chi connectivity index (χ1n) is 17.3. The third-order valence-corrected chi connectivity index (χ3v) is 10.9. The van der Waals surface area contributed by atoms with Crippen molar-refractivity contribution in [2.24, 2.45) is 0 Å². The topological polar surface area (TPSA) is 112 Å². The molecule has 2 aromatic rings. The number of aliphatic hydroxyl groups excluding tert-OH is 2. The highest BCUT2D eigenvalue weighted by Crippen LogP contribution is 2.43. The molecule has 0 amide bonds. The molecule has 46 heavy (non-hydrogen) atoms. The van der Waals surface area contributed by atoms with E-state index in [1.54, 1.807) is 14.2 Å². The molecule has 252 valence electrons. The Bertz CT molecular complexity index is 1200. The minimum atomic E-state index is -0.325. The van der Waals surface area contributed by atoms with Crippen molar-refractivity contribution in [1.82, 2.24) is 0 Å². The van der Waals surface area contributed by atoms with Gasteiger partial charge in [-0.25, -0.2) is 0 Å². The molecule has 0 atom stereocenters. The van der Waals surface area contributed by atoms with Crippen molar-refractivity contribution in [3.05, 3.63) is 47.5 Å². The summed E-state index contributed by atoms with van der Waals surface area (Å²) < 4.78 is 23.2. The lowest BCUT2D eigenvalue weighted by Gasteiger charge is -2.36.